The van der Waals surface area contributed by atoms with Crippen LogP contribution < -0.4 is 15.4 Å². The number of nitrogens with one attached hydrogen (secondary N) is 2. The van der Waals surface area contributed by atoms with Crippen molar-refractivity contribution >= 4 is 40.5 Å². The van der Waals surface area contributed by atoms with Gasteiger partial charge in [-0.15, -0.1) is 0 Å². The van der Waals surface area contributed by atoms with Crippen molar-refractivity contribution in [1.82, 2.24) is 5.32 Å². The van der Waals surface area contributed by atoms with Crippen molar-refractivity contribution in [2.24, 2.45) is 0 Å². The van der Waals surface area contributed by atoms with Gasteiger partial charge in [-0.3, -0.25) is 5.32 Å². The van der Waals surface area contributed by atoms with Crippen molar-refractivity contribution in [2.45, 2.75) is 12.4 Å². The Labute approximate surface area is 166 Å². The van der Waals surface area contributed by atoms with Crippen molar-refractivity contribution in [2.75, 3.05) is 5.32 Å². The highest BCUT2D eigenvalue weighted by Gasteiger charge is 2.26. The molecular formula is C20H15Cl3N2O. The van der Waals surface area contributed by atoms with E-state index in [2.05, 4.69) is 10.6 Å². The average Bonchev–Trinajstić information content (AvgIpc) is 3.03. The molecule has 3 aromatic carbocycles. The zero-order chi connectivity index (χ0) is 18.1. The van der Waals surface area contributed by atoms with E-state index in [-0.39, 0.29) is 12.4 Å². The Morgan fingerprint density at radius 1 is 0.769 bits per heavy atom. The number of anilines is 1. The maximum Gasteiger partial charge on any atom is 0.228 e. The molecule has 0 aliphatic carbocycles. The van der Waals surface area contributed by atoms with E-state index in [1.54, 1.807) is 6.07 Å². The minimum absolute atomic E-state index is 0.105. The molecule has 0 fully saturated rings. The van der Waals surface area contributed by atoms with Crippen LogP contribution in [0.25, 0.3) is 0 Å². The van der Waals surface area contributed by atoms with E-state index in [4.69, 9.17) is 39.5 Å². The van der Waals surface area contributed by atoms with Gasteiger partial charge in [0.1, 0.15) is 5.75 Å². The number of fused-ring (bicyclic) bond motifs is 1. The van der Waals surface area contributed by atoms with Crippen LogP contribution in [-0.4, -0.2) is 6.35 Å². The summed E-state index contributed by atoms with van der Waals surface area (Å²) in [5, 5.41) is 8.83. The summed E-state index contributed by atoms with van der Waals surface area (Å²) in [4.78, 5) is 0. The molecule has 0 saturated heterocycles. The number of hydrogen-bond acceptors (Lipinski definition) is 3. The Bertz CT molecular complexity index is 868. The number of rotatable bonds is 4. The third kappa shape index (κ3) is 3.76. The van der Waals surface area contributed by atoms with Crippen molar-refractivity contribution < 1.29 is 4.74 Å². The summed E-state index contributed by atoms with van der Waals surface area (Å²) in [5.41, 5.74) is 3.03. The molecule has 4 rings (SSSR count). The third-order valence-corrected chi connectivity index (χ3v) is 4.94. The Hall–Kier alpha value is -1.91. The molecule has 3 nitrogen and oxygen atoms in total. The zero-order valence-electron chi connectivity index (χ0n) is 13.5. The van der Waals surface area contributed by atoms with Gasteiger partial charge in [-0.2, -0.15) is 0 Å². The van der Waals surface area contributed by atoms with Crippen LogP contribution >= 0.6 is 34.8 Å². The molecule has 132 valence electrons. The molecule has 0 saturated carbocycles. The number of ether oxygens (including phenoxy) is 1. The molecule has 1 aliphatic heterocycles. The van der Waals surface area contributed by atoms with Crippen LogP contribution in [0.4, 0.5) is 5.69 Å². The second kappa shape index (κ2) is 7.37. The largest absolute Gasteiger partial charge is 0.455 e. The highest BCUT2D eigenvalue weighted by atomic mass is 35.5. The molecule has 3 aromatic rings. The fourth-order valence-corrected chi connectivity index (χ4v) is 3.35. The quantitative estimate of drug-likeness (QED) is 0.549. The fraction of sp³-hybridized carbons (Fsp3) is 0.100. The summed E-state index contributed by atoms with van der Waals surface area (Å²) in [6, 6.07) is 20.9. The molecule has 0 amide bonds. The van der Waals surface area contributed by atoms with Crippen LogP contribution in [-0.2, 0) is 0 Å². The lowest BCUT2D eigenvalue weighted by Crippen LogP contribution is -2.40. The first-order chi connectivity index (χ1) is 12.6. The third-order valence-electron chi connectivity index (χ3n) is 4.20. The smallest absolute Gasteiger partial charge is 0.228 e. The first-order valence-corrected chi connectivity index (χ1v) is 9.21. The maximum absolute atomic E-state index is 6.05. The first kappa shape index (κ1) is 17.5. The van der Waals surface area contributed by atoms with Crippen LogP contribution in [0.3, 0.4) is 0 Å². The van der Waals surface area contributed by atoms with Crippen LogP contribution in [0.1, 0.15) is 17.2 Å². The van der Waals surface area contributed by atoms with Crippen molar-refractivity contribution in [3.05, 3.63) is 92.9 Å². The molecule has 0 spiro atoms. The highest BCUT2D eigenvalue weighted by Crippen LogP contribution is 2.35. The summed E-state index contributed by atoms with van der Waals surface area (Å²) < 4.78 is 5.95. The summed E-state index contributed by atoms with van der Waals surface area (Å²) >= 11 is 18.1. The van der Waals surface area contributed by atoms with Crippen LogP contribution in [0.5, 0.6) is 5.75 Å². The van der Waals surface area contributed by atoms with E-state index in [9.17, 15) is 0 Å². The molecule has 26 heavy (non-hydrogen) atoms. The van der Waals surface area contributed by atoms with Crippen LogP contribution in [0, 0.1) is 0 Å². The van der Waals surface area contributed by atoms with Gasteiger partial charge in [0.25, 0.3) is 0 Å². The first-order valence-electron chi connectivity index (χ1n) is 8.08. The van der Waals surface area contributed by atoms with Gasteiger partial charge in [0, 0.05) is 21.1 Å². The monoisotopic (exact) mass is 404 g/mol. The van der Waals surface area contributed by atoms with E-state index in [1.807, 2.05) is 60.7 Å². The van der Waals surface area contributed by atoms with Gasteiger partial charge in [-0.05, 0) is 47.5 Å². The Morgan fingerprint density at radius 3 is 1.88 bits per heavy atom. The van der Waals surface area contributed by atoms with E-state index in [1.165, 1.54) is 0 Å². The fourth-order valence-electron chi connectivity index (χ4n) is 2.93. The zero-order valence-corrected chi connectivity index (χ0v) is 15.8. The molecule has 6 heteroatoms. The topological polar surface area (TPSA) is 33.3 Å². The Balaban J connectivity index is 1.61. The van der Waals surface area contributed by atoms with Crippen molar-refractivity contribution in [3.8, 4) is 5.75 Å². The molecule has 0 radical (unpaired) electrons. The van der Waals surface area contributed by atoms with E-state index >= 15 is 0 Å². The lowest BCUT2D eigenvalue weighted by Gasteiger charge is -2.24. The number of hydrogen-bond donors (Lipinski definition) is 2. The van der Waals surface area contributed by atoms with Gasteiger partial charge in [0.2, 0.25) is 6.35 Å². The summed E-state index contributed by atoms with van der Waals surface area (Å²) in [6.45, 7) is 0. The SMILES string of the molecule is Clc1ccc(C(NC2Nc3ccc(Cl)cc3O2)c2ccc(Cl)cc2)cc1. The predicted molar refractivity (Wildman–Crippen MR) is 107 cm³/mol. The summed E-state index contributed by atoms with van der Waals surface area (Å²) in [5.74, 6) is 0.723. The van der Waals surface area contributed by atoms with Crippen molar-refractivity contribution in [3.63, 3.8) is 0 Å². The second-order valence-corrected chi connectivity index (χ2v) is 7.29. The van der Waals surface area contributed by atoms with Crippen LogP contribution in [0.2, 0.25) is 15.1 Å². The molecule has 0 bridgehead atoms. The predicted octanol–water partition coefficient (Wildman–Crippen LogP) is 6.11. The highest BCUT2D eigenvalue weighted by molar-refractivity contribution is 6.31. The molecule has 1 heterocycles. The molecule has 2 N–H and O–H groups in total. The molecule has 1 aliphatic rings. The van der Waals surface area contributed by atoms with Gasteiger partial charge in [0.15, 0.2) is 0 Å². The lowest BCUT2D eigenvalue weighted by atomic mass is 9.99. The average molecular weight is 406 g/mol. The normalized spacial score (nSPS) is 15.5. The minimum atomic E-state index is -0.389. The lowest BCUT2D eigenvalue weighted by molar-refractivity contribution is 0.201. The van der Waals surface area contributed by atoms with E-state index < -0.39 is 0 Å². The van der Waals surface area contributed by atoms with Gasteiger partial charge >= 0.3 is 0 Å². The van der Waals surface area contributed by atoms with E-state index in [0.717, 1.165) is 22.6 Å². The second-order valence-electron chi connectivity index (χ2n) is 5.99. The molecule has 0 aromatic heterocycles. The summed E-state index contributed by atoms with van der Waals surface area (Å²) in [7, 11) is 0. The number of halogens is 3. The molecular weight excluding hydrogens is 391 g/mol. The van der Waals surface area contributed by atoms with Gasteiger partial charge in [-0.25, -0.2) is 0 Å². The van der Waals surface area contributed by atoms with Crippen LogP contribution in [0.15, 0.2) is 66.7 Å². The Morgan fingerprint density at radius 2 is 1.31 bits per heavy atom. The Kier molecular flexibility index (Phi) is 4.96. The van der Waals surface area contributed by atoms with Crippen molar-refractivity contribution in [1.29, 1.82) is 0 Å². The molecule has 1 unspecified atom stereocenters. The van der Waals surface area contributed by atoms with Gasteiger partial charge in [0.05, 0.1) is 11.7 Å². The minimum Gasteiger partial charge on any atom is -0.455 e. The maximum atomic E-state index is 6.05. The standard InChI is InChI=1S/C20H15Cl3N2O/c21-14-5-1-12(2-6-14)19(13-3-7-15(22)8-4-13)25-20-24-17-10-9-16(23)11-18(17)26-20/h1-11,19-20,24-25H. The number of benzene rings is 3. The summed E-state index contributed by atoms with van der Waals surface area (Å²) in [6.07, 6.45) is -0.389. The molecule has 1 atom stereocenters. The van der Waals surface area contributed by atoms with E-state index in [0.29, 0.717) is 15.1 Å². The van der Waals surface area contributed by atoms with Gasteiger partial charge in [-0.1, -0.05) is 59.1 Å². The van der Waals surface area contributed by atoms with Gasteiger partial charge < -0.3 is 10.1 Å².